The van der Waals surface area contributed by atoms with Crippen LogP contribution in [0, 0.1) is 5.41 Å². The van der Waals surface area contributed by atoms with Crippen LogP contribution in [0.4, 0.5) is 4.79 Å². The molecule has 0 bridgehead atoms. The van der Waals surface area contributed by atoms with Crippen LogP contribution in [-0.2, 0) is 16.1 Å². The molecule has 0 spiro atoms. The number of nitrogens with zero attached hydrogens (tertiary/aromatic N) is 3. The summed E-state index contributed by atoms with van der Waals surface area (Å²) < 4.78 is 5.62. The number of rotatable bonds is 5. The summed E-state index contributed by atoms with van der Waals surface area (Å²) in [4.78, 5) is 34.1. The Kier molecular flexibility index (Phi) is 6.41. The van der Waals surface area contributed by atoms with E-state index < -0.39 is 17.1 Å². The molecular weight excluding hydrogens is 354 g/mol. The van der Waals surface area contributed by atoms with E-state index in [9.17, 15) is 9.59 Å². The predicted molar refractivity (Wildman–Crippen MR) is 110 cm³/mol. The zero-order chi connectivity index (χ0) is 21.3. The standard InChI is InChI=1S/C22H35N3O3/c1-15(2)17-11-9-10-16(23-17)14-24-12-13-25(20(24)27)18(21(3,4)5)19(26)28-22(6,7)8/h9-11,15,18H,12-14H2,1-8H3/t18-/m1/s1. The minimum absolute atomic E-state index is 0.137. The molecule has 1 fully saturated rings. The summed E-state index contributed by atoms with van der Waals surface area (Å²) in [5.41, 5.74) is 0.863. The molecule has 1 aromatic heterocycles. The van der Waals surface area contributed by atoms with Gasteiger partial charge in [-0.25, -0.2) is 9.59 Å². The van der Waals surface area contributed by atoms with E-state index in [0.29, 0.717) is 25.6 Å². The summed E-state index contributed by atoms with van der Waals surface area (Å²) in [7, 11) is 0. The Balaban J connectivity index is 2.18. The van der Waals surface area contributed by atoms with E-state index in [1.807, 2.05) is 59.7 Å². The van der Waals surface area contributed by atoms with Gasteiger partial charge in [0.2, 0.25) is 0 Å². The lowest BCUT2D eigenvalue weighted by Gasteiger charge is -2.37. The quantitative estimate of drug-likeness (QED) is 0.708. The monoisotopic (exact) mass is 389 g/mol. The molecular formula is C22H35N3O3. The zero-order valence-corrected chi connectivity index (χ0v) is 18.6. The van der Waals surface area contributed by atoms with Crippen molar-refractivity contribution in [2.75, 3.05) is 13.1 Å². The van der Waals surface area contributed by atoms with Crippen LogP contribution in [0.25, 0.3) is 0 Å². The van der Waals surface area contributed by atoms with Crippen molar-refractivity contribution < 1.29 is 14.3 Å². The molecule has 6 nitrogen and oxygen atoms in total. The van der Waals surface area contributed by atoms with Gasteiger partial charge in [-0.15, -0.1) is 0 Å². The van der Waals surface area contributed by atoms with Crippen molar-refractivity contribution >= 4 is 12.0 Å². The lowest BCUT2D eigenvalue weighted by Crippen LogP contribution is -2.52. The number of urea groups is 1. The molecule has 0 saturated carbocycles. The van der Waals surface area contributed by atoms with Crippen molar-refractivity contribution in [2.45, 2.75) is 79.5 Å². The third-order valence-electron chi connectivity index (χ3n) is 4.66. The topological polar surface area (TPSA) is 62.7 Å². The molecule has 0 unspecified atom stereocenters. The first kappa shape index (κ1) is 22.2. The average Bonchev–Trinajstić information content (AvgIpc) is 2.86. The third-order valence-corrected chi connectivity index (χ3v) is 4.66. The maximum Gasteiger partial charge on any atom is 0.329 e. The fraction of sp³-hybridized carbons (Fsp3) is 0.682. The van der Waals surface area contributed by atoms with Gasteiger partial charge in [-0.3, -0.25) is 4.98 Å². The van der Waals surface area contributed by atoms with Gasteiger partial charge in [0.1, 0.15) is 11.6 Å². The maximum absolute atomic E-state index is 13.1. The molecule has 0 aromatic carbocycles. The number of amides is 2. The van der Waals surface area contributed by atoms with Gasteiger partial charge in [-0.05, 0) is 44.2 Å². The van der Waals surface area contributed by atoms with Crippen LogP contribution in [0.3, 0.4) is 0 Å². The molecule has 0 radical (unpaired) electrons. The minimum atomic E-state index is -0.626. The number of pyridine rings is 1. The van der Waals surface area contributed by atoms with Crippen LogP contribution in [0.1, 0.15) is 72.7 Å². The zero-order valence-electron chi connectivity index (χ0n) is 18.6. The first-order valence-corrected chi connectivity index (χ1v) is 10.0. The molecule has 0 N–H and O–H groups in total. The van der Waals surface area contributed by atoms with Gasteiger partial charge in [-0.1, -0.05) is 40.7 Å². The number of hydrogen-bond donors (Lipinski definition) is 0. The number of ether oxygens (including phenoxy) is 1. The number of carbonyl (C=O) groups excluding carboxylic acids is 2. The van der Waals surface area contributed by atoms with Gasteiger partial charge < -0.3 is 14.5 Å². The normalized spacial score (nSPS) is 16.7. The van der Waals surface area contributed by atoms with E-state index in [1.165, 1.54) is 0 Å². The summed E-state index contributed by atoms with van der Waals surface area (Å²) in [6.07, 6.45) is 0. The lowest BCUT2D eigenvalue weighted by atomic mass is 9.85. The highest BCUT2D eigenvalue weighted by Crippen LogP contribution is 2.30. The van der Waals surface area contributed by atoms with E-state index in [0.717, 1.165) is 11.4 Å². The van der Waals surface area contributed by atoms with Crippen LogP contribution in [0.15, 0.2) is 18.2 Å². The van der Waals surface area contributed by atoms with E-state index in [4.69, 9.17) is 4.74 Å². The Morgan fingerprint density at radius 1 is 1.14 bits per heavy atom. The highest BCUT2D eigenvalue weighted by molar-refractivity contribution is 5.85. The molecule has 1 atom stereocenters. The number of aromatic nitrogens is 1. The molecule has 2 rings (SSSR count). The SMILES string of the molecule is CC(C)c1cccc(CN2CCN([C@H](C(=O)OC(C)(C)C)C(C)(C)C)C2=O)n1. The summed E-state index contributed by atoms with van der Waals surface area (Å²) in [5.74, 6) is -0.0155. The summed E-state index contributed by atoms with van der Waals surface area (Å²) in [6, 6.07) is 5.16. The van der Waals surface area contributed by atoms with E-state index in [1.54, 1.807) is 9.80 Å². The van der Waals surface area contributed by atoms with Crippen LogP contribution < -0.4 is 0 Å². The highest BCUT2D eigenvalue weighted by atomic mass is 16.6. The molecule has 2 amide bonds. The fourth-order valence-electron chi connectivity index (χ4n) is 3.40. The highest BCUT2D eigenvalue weighted by Gasteiger charge is 2.45. The Morgan fingerprint density at radius 3 is 2.32 bits per heavy atom. The van der Waals surface area contributed by atoms with Crippen LogP contribution >= 0.6 is 0 Å². The predicted octanol–water partition coefficient (Wildman–Crippen LogP) is 4.20. The van der Waals surface area contributed by atoms with Crippen LogP contribution in [0.5, 0.6) is 0 Å². The molecule has 156 valence electrons. The summed E-state index contributed by atoms with van der Waals surface area (Å²) in [5, 5.41) is 0. The second kappa shape index (κ2) is 8.10. The van der Waals surface area contributed by atoms with Gasteiger partial charge in [0.05, 0.1) is 12.2 Å². The van der Waals surface area contributed by atoms with Crippen LogP contribution in [0.2, 0.25) is 0 Å². The third kappa shape index (κ3) is 5.46. The molecule has 28 heavy (non-hydrogen) atoms. The van der Waals surface area contributed by atoms with E-state index in [2.05, 4.69) is 18.8 Å². The Labute approximate surface area is 169 Å². The lowest BCUT2D eigenvalue weighted by molar-refractivity contribution is -0.164. The summed E-state index contributed by atoms with van der Waals surface area (Å²) in [6.45, 7) is 17.1. The minimum Gasteiger partial charge on any atom is -0.458 e. The van der Waals surface area contributed by atoms with Gasteiger partial charge in [0.15, 0.2) is 0 Å². The second-order valence-corrected chi connectivity index (χ2v) is 9.91. The van der Waals surface area contributed by atoms with E-state index >= 15 is 0 Å². The Bertz CT molecular complexity index is 716. The smallest absolute Gasteiger partial charge is 0.329 e. The Hall–Kier alpha value is -2.11. The Morgan fingerprint density at radius 2 is 1.79 bits per heavy atom. The molecule has 2 heterocycles. The van der Waals surface area contributed by atoms with Crippen molar-refractivity contribution in [1.29, 1.82) is 0 Å². The first-order chi connectivity index (χ1) is 12.8. The van der Waals surface area contributed by atoms with Crippen molar-refractivity contribution in [3.05, 3.63) is 29.6 Å². The first-order valence-electron chi connectivity index (χ1n) is 10.0. The number of carbonyl (C=O) groups is 2. The van der Waals surface area contributed by atoms with Crippen molar-refractivity contribution in [2.24, 2.45) is 5.41 Å². The fourth-order valence-corrected chi connectivity index (χ4v) is 3.40. The molecule has 1 aliphatic heterocycles. The number of hydrogen-bond acceptors (Lipinski definition) is 4. The van der Waals surface area contributed by atoms with Crippen molar-refractivity contribution in [1.82, 2.24) is 14.8 Å². The molecule has 6 heteroatoms. The van der Waals surface area contributed by atoms with Gasteiger partial charge >= 0.3 is 12.0 Å². The van der Waals surface area contributed by atoms with E-state index in [-0.39, 0.29) is 12.0 Å². The van der Waals surface area contributed by atoms with Gasteiger partial charge in [-0.2, -0.15) is 0 Å². The average molecular weight is 390 g/mol. The van der Waals surface area contributed by atoms with Gasteiger partial charge in [0.25, 0.3) is 0 Å². The molecule has 1 saturated heterocycles. The second-order valence-electron chi connectivity index (χ2n) is 9.91. The van der Waals surface area contributed by atoms with Gasteiger partial charge in [0, 0.05) is 18.8 Å². The maximum atomic E-state index is 13.1. The molecule has 1 aliphatic rings. The van der Waals surface area contributed by atoms with Crippen LogP contribution in [-0.4, -0.2) is 51.5 Å². The summed E-state index contributed by atoms with van der Waals surface area (Å²) >= 11 is 0. The number of esters is 1. The van der Waals surface area contributed by atoms with Crippen molar-refractivity contribution in [3.8, 4) is 0 Å². The molecule has 0 aliphatic carbocycles. The molecule has 1 aromatic rings. The largest absolute Gasteiger partial charge is 0.458 e. The van der Waals surface area contributed by atoms with Crippen molar-refractivity contribution in [3.63, 3.8) is 0 Å².